The van der Waals surface area contributed by atoms with Gasteiger partial charge in [-0.2, -0.15) is 0 Å². The van der Waals surface area contributed by atoms with E-state index in [4.69, 9.17) is 4.74 Å². The number of nitrogens with one attached hydrogen (secondary N) is 1. The summed E-state index contributed by atoms with van der Waals surface area (Å²) in [6.45, 7) is 8.57. The molecule has 0 heterocycles. The number of aryl methyl sites for hydroxylation is 1. The number of rotatable bonds is 4. The second-order valence-electron chi connectivity index (χ2n) is 5.82. The molecule has 19 heavy (non-hydrogen) atoms. The topological polar surface area (TPSA) is 55.4 Å². The molecule has 0 radical (unpaired) electrons. The van der Waals surface area contributed by atoms with E-state index >= 15 is 0 Å². The Bertz CT molecular complexity index is 557. The third kappa shape index (κ3) is 4.51. The maximum Gasteiger partial charge on any atom is 0.209 e. The highest BCUT2D eigenvalue weighted by Crippen LogP contribution is 2.33. The zero-order valence-corrected chi connectivity index (χ0v) is 13.3. The summed E-state index contributed by atoms with van der Waals surface area (Å²) in [5.74, 6) is 0.841. The Morgan fingerprint density at radius 2 is 1.84 bits per heavy atom. The maximum absolute atomic E-state index is 11.2. The van der Waals surface area contributed by atoms with Crippen molar-refractivity contribution in [2.45, 2.75) is 39.7 Å². The fourth-order valence-electron chi connectivity index (χ4n) is 1.88. The lowest BCUT2D eigenvalue weighted by atomic mass is 9.84. The van der Waals surface area contributed by atoms with E-state index in [0.717, 1.165) is 28.7 Å². The van der Waals surface area contributed by atoms with Crippen LogP contribution in [0.5, 0.6) is 5.75 Å². The molecule has 1 aromatic rings. The van der Waals surface area contributed by atoms with Crippen molar-refractivity contribution in [1.29, 1.82) is 0 Å². The Kier molecular flexibility index (Phi) is 4.63. The third-order valence-electron chi connectivity index (χ3n) is 2.99. The van der Waals surface area contributed by atoms with Crippen LogP contribution in [0.2, 0.25) is 0 Å². The summed E-state index contributed by atoms with van der Waals surface area (Å²) < 4.78 is 30.3. The standard InChI is InChI=1S/C14H23NO3S/c1-10-7-13(18-5)12(14(2,3)4)8-11(10)9-15-19(6,16)17/h7-8,15H,9H2,1-6H3. The van der Waals surface area contributed by atoms with Gasteiger partial charge in [-0.1, -0.05) is 20.8 Å². The van der Waals surface area contributed by atoms with Gasteiger partial charge in [-0.05, 0) is 41.2 Å². The molecule has 0 amide bonds. The number of hydrogen-bond acceptors (Lipinski definition) is 3. The van der Waals surface area contributed by atoms with Crippen molar-refractivity contribution < 1.29 is 13.2 Å². The molecule has 0 aliphatic heterocycles. The summed E-state index contributed by atoms with van der Waals surface area (Å²) in [5.41, 5.74) is 3.00. The van der Waals surface area contributed by atoms with E-state index in [-0.39, 0.29) is 5.41 Å². The van der Waals surface area contributed by atoms with Gasteiger partial charge in [0.05, 0.1) is 13.4 Å². The van der Waals surface area contributed by atoms with Crippen LogP contribution in [-0.4, -0.2) is 21.8 Å². The first-order valence-corrected chi connectivity index (χ1v) is 8.06. The number of benzene rings is 1. The van der Waals surface area contributed by atoms with E-state index < -0.39 is 10.0 Å². The third-order valence-corrected chi connectivity index (χ3v) is 3.66. The fourth-order valence-corrected chi connectivity index (χ4v) is 2.30. The molecule has 0 aliphatic carbocycles. The average molecular weight is 285 g/mol. The zero-order chi connectivity index (χ0) is 14.8. The Labute approximate surface area is 116 Å². The highest BCUT2D eigenvalue weighted by atomic mass is 32.2. The van der Waals surface area contributed by atoms with Crippen LogP contribution in [0.25, 0.3) is 0 Å². The monoisotopic (exact) mass is 285 g/mol. The predicted molar refractivity (Wildman–Crippen MR) is 78.1 cm³/mol. The van der Waals surface area contributed by atoms with Gasteiger partial charge in [-0.15, -0.1) is 0 Å². The van der Waals surface area contributed by atoms with Crippen LogP contribution >= 0.6 is 0 Å². The first-order chi connectivity index (χ1) is 8.54. The highest BCUT2D eigenvalue weighted by molar-refractivity contribution is 7.88. The Morgan fingerprint density at radius 1 is 1.26 bits per heavy atom. The van der Waals surface area contributed by atoms with Gasteiger partial charge in [0.1, 0.15) is 5.75 Å². The smallest absolute Gasteiger partial charge is 0.209 e. The van der Waals surface area contributed by atoms with Crippen LogP contribution in [0.15, 0.2) is 12.1 Å². The lowest BCUT2D eigenvalue weighted by Crippen LogP contribution is -2.22. The molecule has 1 N–H and O–H groups in total. The SMILES string of the molecule is COc1cc(C)c(CNS(C)(=O)=O)cc1C(C)(C)C. The van der Waals surface area contributed by atoms with Crippen molar-refractivity contribution in [3.63, 3.8) is 0 Å². The molecule has 0 atom stereocenters. The molecule has 0 bridgehead atoms. The van der Waals surface area contributed by atoms with Gasteiger partial charge in [-0.25, -0.2) is 13.1 Å². The second kappa shape index (κ2) is 5.51. The first-order valence-electron chi connectivity index (χ1n) is 6.17. The van der Waals surface area contributed by atoms with Crippen LogP contribution in [0.1, 0.15) is 37.5 Å². The van der Waals surface area contributed by atoms with Crippen LogP contribution in [0.3, 0.4) is 0 Å². The minimum Gasteiger partial charge on any atom is -0.496 e. The summed E-state index contributed by atoms with van der Waals surface area (Å²) in [6, 6.07) is 3.98. The maximum atomic E-state index is 11.2. The highest BCUT2D eigenvalue weighted by Gasteiger charge is 2.20. The fraction of sp³-hybridized carbons (Fsp3) is 0.571. The van der Waals surface area contributed by atoms with E-state index in [1.54, 1.807) is 7.11 Å². The van der Waals surface area contributed by atoms with Gasteiger partial charge in [0, 0.05) is 6.54 Å². The number of ether oxygens (including phenoxy) is 1. The van der Waals surface area contributed by atoms with Gasteiger partial charge in [0.2, 0.25) is 10.0 Å². The van der Waals surface area contributed by atoms with Crippen molar-refractivity contribution in [1.82, 2.24) is 4.72 Å². The van der Waals surface area contributed by atoms with Crippen LogP contribution < -0.4 is 9.46 Å². The van der Waals surface area contributed by atoms with E-state index in [2.05, 4.69) is 25.5 Å². The van der Waals surface area contributed by atoms with Crippen LogP contribution in [0, 0.1) is 6.92 Å². The van der Waals surface area contributed by atoms with Gasteiger partial charge in [-0.3, -0.25) is 0 Å². The normalized spacial score (nSPS) is 12.5. The van der Waals surface area contributed by atoms with Crippen molar-refractivity contribution in [3.8, 4) is 5.75 Å². The summed E-state index contributed by atoms with van der Waals surface area (Å²) in [5, 5.41) is 0. The molecule has 0 saturated heterocycles. The van der Waals surface area contributed by atoms with Gasteiger partial charge in [0.25, 0.3) is 0 Å². The summed E-state index contributed by atoms with van der Waals surface area (Å²) >= 11 is 0. The number of sulfonamides is 1. The molecule has 0 fully saturated rings. The minimum absolute atomic E-state index is 0.0567. The molecule has 0 saturated carbocycles. The number of methoxy groups -OCH3 is 1. The molecule has 1 rings (SSSR count). The Hall–Kier alpha value is -1.07. The van der Waals surface area contributed by atoms with Crippen molar-refractivity contribution >= 4 is 10.0 Å². The van der Waals surface area contributed by atoms with E-state index in [9.17, 15) is 8.42 Å². The van der Waals surface area contributed by atoms with Gasteiger partial charge in [0.15, 0.2) is 0 Å². The van der Waals surface area contributed by atoms with E-state index in [1.807, 2.05) is 19.1 Å². The predicted octanol–water partition coefficient (Wildman–Crippen LogP) is 2.35. The number of hydrogen-bond donors (Lipinski definition) is 1. The van der Waals surface area contributed by atoms with E-state index in [1.165, 1.54) is 0 Å². The molecule has 4 nitrogen and oxygen atoms in total. The van der Waals surface area contributed by atoms with Gasteiger partial charge < -0.3 is 4.74 Å². The summed E-state index contributed by atoms with van der Waals surface area (Å²) in [4.78, 5) is 0. The second-order valence-corrected chi connectivity index (χ2v) is 7.66. The van der Waals surface area contributed by atoms with Crippen molar-refractivity contribution in [2.75, 3.05) is 13.4 Å². The molecule has 0 spiro atoms. The molecular formula is C14H23NO3S. The van der Waals surface area contributed by atoms with Crippen LogP contribution in [0.4, 0.5) is 0 Å². The largest absolute Gasteiger partial charge is 0.496 e. The molecule has 0 aliphatic rings. The molecule has 1 aromatic carbocycles. The van der Waals surface area contributed by atoms with Crippen molar-refractivity contribution in [2.24, 2.45) is 0 Å². The van der Waals surface area contributed by atoms with E-state index in [0.29, 0.717) is 6.54 Å². The average Bonchev–Trinajstić information content (AvgIpc) is 2.24. The molecular weight excluding hydrogens is 262 g/mol. The quantitative estimate of drug-likeness (QED) is 0.924. The first kappa shape index (κ1) is 16.0. The lowest BCUT2D eigenvalue weighted by Gasteiger charge is -2.24. The Balaban J connectivity index is 3.20. The molecule has 108 valence electrons. The lowest BCUT2D eigenvalue weighted by molar-refractivity contribution is 0.397. The molecule has 5 heteroatoms. The molecule has 0 unspecified atom stereocenters. The Morgan fingerprint density at radius 3 is 2.26 bits per heavy atom. The zero-order valence-electron chi connectivity index (χ0n) is 12.5. The van der Waals surface area contributed by atoms with Gasteiger partial charge >= 0.3 is 0 Å². The van der Waals surface area contributed by atoms with Crippen molar-refractivity contribution in [3.05, 3.63) is 28.8 Å². The minimum atomic E-state index is -3.18. The summed E-state index contributed by atoms with van der Waals surface area (Å²) in [7, 11) is -1.53. The summed E-state index contributed by atoms with van der Waals surface area (Å²) in [6.07, 6.45) is 1.16. The van der Waals surface area contributed by atoms with Crippen LogP contribution in [-0.2, 0) is 22.0 Å². The molecule has 0 aromatic heterocycles.